The minimum absolute atomic E-state index is 0.0984. The lowest BCUT2D eigenvalue weighted by molar-refractivity contribution is 0.0954. The molecule has 0 saturated heterocycles. The van der Waals surface area contributed by atoms with Crippen molar-refractivity contribution >= 4 is 28.4 Å². The summed E-state index contributed by atoms with van der Waals surface area (Å²) in [7, 11) is 0. The lowest BCUT2D eigenvalue weighted by Crippen LogP contribution is -2.26. The molecule has 1 heterocycles. The maximum Gasteiger partial charge on any atom is 0.252 e. The van der Waals surface area contributed by atoms with Crippen molar-refractivity contribution in [3.8, 4) is 11.3 Å². The topological polar surface area (TPSA) is 42.0 Å². The first-order chi connectivity index (χ1) is 17.2. The molecular weight excluding hydrogens is 452 g/mol. The van der Waals surface area contributed by atoms with Crippen molar-refractivity contribution in [3.63, 3.8) is 0 Å². The molecule has 0 spiro atoms. The number of para-hydroxylation sites is 1. The van der Waals surface area contributed by atoms with Crippen LogP contribution in [0.2, 0.25) is 5.02 Å². The number of pyridine rings is 1. The second kappa shape index (κ2) is 10.5. The summed E-state index contributed by atoms with van der Waals surface area (Å²) in [6, 6.07) is 38.0. The van der Waals surface area contributed by atoms with E-state index >= 15 is 0 Å². The number of aromatic nitrogens is 1. The van der Waals surface area contributed by atoms with Crippen LogP contribution in [0.1, 0.15) is 33.8 Å². The Morgan fingerprint density at radius 3 is 2.03 bits per heavy atom. The van der Waals surface area contributed by atoms with Gasteiger partial charge in [0, 0.05) is 28.4 Å². The summed E-state index contributed by atoms with van der Waals surface area (Å²) in [5.41, 5.74) is 5.56. The van der Waals surface area contributed by atoms with Crippen molar-refractivity contribution in [2.75, 3.05) is 6.54 Å². The number of halogens is 1. The van der Waals surface area contributed by atoms with Gasteiger partial charge in [-0.2, -0.15) is 0 Å². The fraction of sp³-hybridized carbons (Fsp3) is 0.0968. The second-order valence-electron chi connectivity index (χ2n) is 8.50. The van der Waals surface area contributed by atoms with E-state index in [1.54, 1.807) is 0 Å². The third-order valence-corrected chi connectivity index (χ3v) is 6.48. The van der Waals surface area contributed by atoms with Gasteiger partial charge in [-0.25, -0.2) is 4.98 Å². The zero-order valence-corrected chi connectivity index (χ0v) is 20.0. The largest absolute Gasteiger partial charge is 0.352 e. The fourth-order valence-corrected chi connectivity index (χ4v) is 4.58. The van der Waals surface area contributed by atoms with Gasteiger partial charge in [-0.15, -0.1) is 0 Å². The van der Waals surface area contributed by atoms with E-state index < -0.39 is 0 Å². The van der Waals surface area contributed by atoms with Gasteiger partial charge in [0.05, 0.1) is 16.8 Å². The number of nitrogens with zero attached hydrogens (tertiary/aromatic N) is 1. The smallest absolute Gasteiger partial charge is 0.252 e. The summed E-state index contributed by atoms with van der Waals surface area (Å²) < 4.78 is 0. The molecule has 0 saturated carbocycles. The zero-order chi connectivity index (χ0) is 24.0. The Hall–Kier alpha value is -3.95. The normalized spacial score (nSPS) is 11.0. The number of carbonyl (C=O) groups excluding carboxylic acids is 1. The predicted octanol–water partition coefficient (Wildman–Crippen LogP) is 7.51. The molecule has 5 aromatic rings. The summed E-state index contributed by atoms with van der Waals surface area (Å²) in [5, 5.41) is 4.67. The molecule has 1 aromatic heterocycles. The van der Waals surface area contributed by atoms with E-state index in [2.05, 4.69) is 53.8 Å². The van der Waals surface area contributed by atoms with Gasteiger partial charge in [-0.05, 0) is 41.8 Å². The molecule has 0 bridgehead atoms. The van der Waals surface area contributed by atoms with Crippen LogP contribution in [0.4, 0.5) is 0 Å². The van der Waals surface area contributed by atoms with Gasteiger partial charge < -0.3 is 5.32 Å². The molecule has 1 N–H and O–H groups in total. The molecule has 172 valence electrons. The van der Waals surface area contributed by atoms with E-state index in [9.17, 15) is 4.79 Å². The van der Waals surface area contributed by atoms with Crippen molar-refractivity contribution in [2.45, 2.75) is 12.3 Å². The first-order valence-corrected chi connectivity index (χ1v) is 12.1. The Labute approximate surface area is 210 Å². The summed E-state index contributed by atoms with van der Waals surface area (Å²) in [6.45, 7) is 0.556. The molecular formula is C31H25ClN2O. The Morgan fingerprint density at radius 2 is 1.37 bits per heavy atom. The van der Waals surface area contributed by atoms with Crippen LogP contribution < -0.4 is 5.32 Å². The molecule has 0 radical (unpaired) electrons. The fourth-order valence-electron chi connectivity index (χ4n) is 4.45. The molecule has 0 unspecified atom stereocenters. The predicted molar refractivity (Wildman–Crippen MR) is 144 cm³/mol. The summed E-state index contributed by atoms with van der Waals surface area (Å²) in [6.07, 6.45) is 0.798. The number of hydrogen-bond donors (Lipinski definition) is 1. The first-order valence-electron chi connectivity index (χ1n) is 11.7. The Morgan fingerprint density at radius 1 is 0.771 bits per heavy atom. The maximum absolute atomic E-state index is 13.4. The van der Waals surface area contributed by atoms with Crippen molar-refractivity contribution in [1.29, 1.82) is 0 Å². The third-order valence-electron chi connectivity index (χ3n) is 6.22. The SMILES string of the molecule is O=C(NCCC(c1ccccc1)c1ccccc1)c1cc(-c2ccc(Cl)cc2)nc2ccccc12. The van der Waals surface area contributed by atoms with Crippen LogP contribution in [0.5, 0.6) is 0 Å². The molecule has 0 atom stereocenters. The van der Waals surface area contributed by atoms with Gasteiger partial charge in [0.15, 0.2) is 0 Å². The molecule has 4 heteroatoms. The average molecular weight is 477 g/mol. The standard InChI is InChI=1S/C31H25ClN2O/c32-25-17-15-24(16-18-25)30-21-28(27-13-7-8-14-29(27)34-30)31(35)33-20-19-26(22-9-3-1-4-10-22)23-11-5-2-6-12-23/h1-18,21,26H,19-20H2,(H,33,35). The number of benzene rings is 4. The van der Waals surface area contributed by atoms with Gasteiger partial charge in [-0.1, -0.05) is 103 Å². The summed E-state index contributed by atoms with van der Waals surface area (Å²) in [5.74, 6) is 0.107. The van der Waals surface area contributed by atoms with E-state index in [0.29, 0.717) is 17.1 Å². The van der Waals surface area contributed by atoms with E-state index in [-0.39, 0.29) is 11.8 Å². The lowest BCUT2D eigenvalue weighted by Gasteiger charge is -2.19. The van der Waals surface area contributed by atoms with Crippen molar-refractivity contribution in [1.82, 2.24) is 10.3 Å². The van der Waals surface area contributed by atoms with E-state index in [4.69, 9.17) is 16.6 Å². The zero-order valence-electron chi connectivity index (χ0n) is 19.2. The minimum atomic E-state index is -0.0984. The number of nitrogens with one attached hydrogen (secondary N) is 1. The second-order valence-corrected chi connectivity index (χ2v) is 8.93. The molecule has 0 aliphatic rings. The van der Waals surface area contributed by atoms with Crippen LogP contribution in [0, 0.1) is 0 Å². The minimum Gasteiger partial charge on any atom is -0.352 e. The van der Waals surface area contributed by atoms with Crippen LogP contribution in [-0.4, -0.2) is 17.4 Å². The van der Waals surface area contributed by atoms with Gasteiger partial charge in [0.25, 0.3) is 5.91 Å². The van der Waals surface area contributed by atoms with Gasteiger partial charge in [0.2, 0.25) is 0 Å². The summed E-state index contributed by atoms with van der Waals surface area (Å²) in [4.78, 5) is 18.2. The molecule has 0 fully saturated rings. The molecule has 0 aliphatic heterocycles. The van der Waals surface area contributed by atoms with Crippen molar-refractivity contribution in [3.05, 3.63) is 137 Å². The van der Waals surface area contributed by atoms with Gasteiger partial charge >= 0.3 is 0 Å². The Bertz CT molecular complexity index is 1390. The maximum atomic E-state index is 13.4. The molecule has 3 nitrogen and oxygen atoms in total. The van der Waals surface area contributed by atoms with Gasteiger partial charge in [-0.3, -0.25) is 4.79 Å². The highest BCUT2D eigenvalue weighted by Crippen LogP contribution is 2.28. The Balaban J connectivity index is 1.40. The third kappa shape index (κ3) is 5.26. The number of fused-ring (bicyclic) bond motifs is 1. The molecule has 1 amide bonds. The number of rotatable bonds is 7. The van der Waals surface area contributed by atoms with Crippen LogP contribution >= 0.6 is 11.6 Å². The lowest BCUT2D eigenvalue weighted by atomic mass is 9.88. The monoisotopic (exact) mass is 476 g/mol. The molecule has 5 rings (SSSR count). The molecule has 0 aliphatic carbocycles. The first kappa shape index (κ1) is 22.8. The number of amides is 1. The van der Waals surface area contributed by atoms with E-state index in [0.717, 1.165) is 28.6 Å². The van der Waals surface area contributed by atoms with Crippen LogP contribution in [0.25, 0.3) is 22.2 Å². The van der Waals surface area contributed by atoms with Gasteiger partial charge in [0.1, 0.15) is 0 Å². The number of carbonyl (C=O) groups is 1. The van der Waals surface area contributed by atoms with Crippen LogP contribution in [0.3, 0.4) is 0 Å². The Kier molecular flexibility index (Phi) is 6.87. The number of hydrogen-bond acceptors (Lipinski definition) is 2. The molecule has 4 aromatic carbocycles. The molecule has 35 heavy (non-hydrogen) atoms. The van der Waals surface area contributed by atoms with E-state index in [1.807, 2.05) is 66.7 Å². The average Bonchev–Trinajstić information content (AvgIpc) is 2.92. The van der Waals surface area contributed by atoms with Crippen molar-refractivity contribution in [2.24, 2.45) is 0 Å². The van der Waals surface area contributed by atoms with Crippen molar-refractivity contribution < 1.29 is 4.79 Å². The quantitative estimate of drug-likeness (QED) is 0.264. The highest BCUT2D eigenvalue weighted by Gasteiger charge is 2.17. The van der Waals surface area contributed by atoms with E-state index in [1.165, 1.54) is 11.1 Å². The van der Waals surface area contributed by atoms with Crippen LogP contribution in [0.15, 0.2) is 115 Å². The highest BCUT2D eigenvalue weighted by molar-refractivity contribution is 6.30. The summed E-state index contributed by atoms with van der Waals surface area (Å²) >= 11 is 6.06. The van der Waals surface area contributed by atoms with Crippen LogP contribution in [-0.2, 0) is 0 Å². The highest BCUT2D eigenvalue weighted by atomic mass is 35.5.